The third-order valence-corrected chi connectivity index (χ3v) is 3.51. The van der Waals surface area contributed by atoms with Crippen molar-refractivity contribution in [3.8, 4) is 5.75 Å². The molecule has 1 aromatic carbocycles. The number of ether oxygens (including phenoxy) is 1. The molecule has 0 fully saturated rings. The number of fused-ring (bicyclic) bond motifs is 1. The summed E-state index contributed by atoms with van der Waals surface area (Å²) in [6.07, 6.45) is 3.11. The van der Waals surface area contributed by atoms with Crippen LogP contribution >= 0.6 is 15.9 Å². The van der Waals surface area contributed by atoms with Crippen molar-refractivity contribution in [2.75, 3.05) is 7.11 Å². The number of hydrogen-bond donors (Lipinski definition) is 0. The Morgan fingerprint density at radius 1 is 1.35 bits per heavy atom. The van der Waals surface area contributed by atoms with Gasteiger partial charge in [-0.2, -0.15) is 0 Å². The van der Waals surface area contributed by atoms with Crippen LogP contribution < -0.4 is 10.4 Å². The third kappa shape index (κ3) is 2.20. The summed E-state index contributed by atoms with van der Waals surface area (Å²) in [6.45, 7) is 0.412. The first kappa shape index (κ1) is 12.9. The Bertz CT molecular complexity index is 825. The summed E-state index contributed by atoms with van der Waals surface area (Å²) in [5, 5.41) is 7.57. The van der Waals surface area contributed by atoms with Gasteiger partial charge in [0.1, 0.15) is 12.1 Å². The zero-order valence-electron chi connectivity index (χ0n) is 10.7. The van der Waals surface area contributed by atoms with Crippen LogP contribution in [0.15, 0.2) is 46.1 Å². The van der Waals surface area contributed by atoms with E-state index in [2.05, 4.69) is 26.1 Å². The first-order valence-corrected chi connectivity index (χ1v) is 6.70. The van der Waals surface area contributed by atoms with E-state index in [0.29, 0.717) is 12.2 Å². The minimum Gasteiger partial charge on any atom is -0.496 e. The summed E-state index contributed by atoms with van der Waals surface area (Å²) >= 11 is 3.42. The van der Waals surface area contributed by atoms with E-state index < -0.39 is 0 Å². The van der Waals surface area contributed by atoms with Gasteiger partial charge in [0.2, 0.25) is 0 Å². The Labute approximate surface area is 122 Å². The molecule has 0 bridgehead atoms. The smallest absolute Gasteiger partial charge is 0.335 e. The van der Waals surface area contributed by atoms with Crippen LogP contribution in [0.2, 0.25) is 0 Å². The van der Waals surface area contributed by atoms with Crippen LogP contribution in [0.25, 0.3) is 5.65 Å². The van der Waals surface area contributed by atoms with Gasteiger partial charge in [-0.3, -0.25) is 4.57 Å². The lowest BCUT2D eigenvalue weighted by Crippen LogP contribution is -2.26. The van der Waals surface area contributed by atoms with Gasteiger partial charge in [-0.25, -0.2) is 9.20 Å². The predicted octanol–water partition coefficient (Wildman–Crippen LogP) is 1.71. The molecule has 0 spiro atoms. The van der Waals surface area contributed by atoms with Crippen LogP contribution in [0.4, 0.5) is 0 Å². The van der Waals surface area contributed by atoms with Crippen LogP contribution in [0.1, 0.15) is 5.56 Å². The molecule has 3 rings (SSSR count). The number of rotatable bonds is 3. The molecule has 0 aliphatic heterocycles. The zero-order valence-corrected chi connectivity index (χ0v) is 12.2. The van der Waals surface area contributed by atoms with E-state index >= 15 is 0 Å². The molecule has 7 heteroatoms. The largest absolute Gasteiger partial charge is 0.496 e. The summed E-state index contributed by atoms with van der Waals surface area (Å²) in [7, 11) is 1.61. The van der Waals surface area contributed by atoms with Crippen LogP contribution in [-0.4, -0.2) is 26.3 Å². The van der Waals surface area contributed by atoms with Gasteiger partial charge >= 0.3 is 5.69 Å². The molecule has 0 radical (unpaired) electrons. The van der Waals surface area contributed by atoms with E-state index in [1.54, 1.807) is 23.9 Å². The van der Waals surface area contributed by atoms with Crippen molar-refractivity contribution in [1.82, 2.24) is 19.2 Å². The molecule has 2 aromatic heterocycles. The van der Waals surface area contributed by atoms with Gasteiger partial charge in [0.25, 0.3) is 0 Å². The fourth-order valence-electron chi connectivity index (χ4n) is 2.04. The fourth-order valence-corrected chi connectivity index (χ4v) is 2.45. The van der Waals surface area contributed by atoms with Crippen molar-refractivity contribution < 1.29 is 4.74 Å². The summed E-state index contributed by atoms with van der Waals surface area (Å²) < 4.78 is 9.25. The van der Waals surface area contributed by atoms with Crippen LogP contribution in [0.3, 0.4) is 0 Å². The second kappa shape index (κ2) is 5.09. The quantitative estimate of drug-likeness (QED) is 0.731. The Morgan fingerprint density at radius 3 is 3.00 bits per heavy atom. The van der Waals surface area contributed by atoms with E-state index in [-0.39, 0.29) is 5.69 Å². The van der Waals surface area contributed by atoms with Gasteiger partial charge in [0.05, 0.1) is 13.7 Å². The van der Waals surface area contributed by atoms with E-state index in [4.69, 9.17) is 4.74 Å². The molecular weight excluding hydrogens is 324 g/mol. The first-order valence-electron chi connectivity index (χ1n) is 5.90. The van der Waals surface area contributed by atoms with Gasteiger partial charge in [-0.05, 0) is 24.3 Å². The third-order valence-electron chi connectivity index (χ3n) is 3.01. The van der Waals surface area contributed by atoms with Gasteiger partial charge in [0, 0.05) is 16.2 Å². The zero-order chi connectivity index (χ0) is 14.1. The number of nitrogens with zero attached hydrogens (tertiary/aromatic N) is 4. The van der Waals surface area contributed by atoms with Crippen molar-refractivity contribution in [3.63, 3.8) is 0 Å². The lowest BCUT2D eigenvalue weighted by Gasteiger charge is -2.11. The number of benzene rings is 1. The van der Waals surface area contributed by atoms with E-state index in [9.17, 15) is 4.79 Å². The normalized spacial score (nSPS) is 10.9. The summed E-state index contributed by atoms with van der Waals surface area (Å²) in [4.78, 5) is 12.3. The molecule has 2 heterocycles. The summed E-state index contributed by atoms with van der Waals surface area (Å²) in [6, 6.07) is 7.44. The highest BCUT2D eigenvalue weighted by molar-refractivity contribution is 9.10. The monoisotopic (exact) mass is 334 g/mol. The summed E-state index contributed by atoms with van der Waals surface area (Å²) in [5.41, 5.74) is 1.26. The molecule has 0 unspecified atom stereocenters. The Hall–Kier alpha value is -2.15. The van der Waals surface area contributed by atoms with Crippen molar-refractivity contribution >= 4 is 21.6 Å². The number of hydrogen-bond acceptors (Lipinski definition) is 4. The van der Waals surface area contributed by atoms with Gasteiger partial charge in [-0.1, -0.05) is 15.9 Å². The van der Waals surface area contributed by atoms with Crippen LogP contribution in [0, 0.1) is 0 Å². The summed E-state index contributed by atoms with van der Waals surface area (Å²) in [5.74, 6) is 0.740. The van der Waals surface area contributed by atoms with E-state index in [0.717, 1.165) is 15.8 Å². The van der Waals surface area contributed by atoms with Crippen molar-refractivity contribution in [1.29, 1.82) is 0 Å². The van der Waals surface area contributed by atoms with E-state index in [1.165, 1.54) is 10.7 Å². The SMILES string of the molecule is COc1ccc(Br)cc1Cn1ccc2nncn2c1=O. The van der Waals surface area contributed by atoms with Gasteiger partial charge < -0.3 is 4.74 Å². The highest BCUT2D eigenvalue weighted by Crippen LogP contribution is 2.23. The predicted molar refractivity (Wildman–Crippen MR) is 77.0 cm³/mol. The maximum Gasteiger partial charge on any atom is 0.335 e. The molecule has 0 amide bonds. The Morgan fingerprint density at radius 2 is 2.20 bits per heavy atom. The second-order valence-corrected chi connectivity index (χ2v) is 5.16. The molecule has 0 N–H and O–H groups in total. The number of methoxy groups -OCH3 is 1. The molecule has 0 atom stereocenters. The maximum absolute atomic E-state index is 12.3. The highest BCUT2D eigenvalue weighted by Gasteiger charge is 2.08. The van der Waals surface area contributed by atoms with Crippen LogP contribution in [0.5, 0.6) is 5.75 Å². The molecule has 6 nitrogen and oxygen atoms in total. The molecule has 3 aromatic rings. The topological polar surface area (TPSA) is 61.4 Å². The van der Waals surface area contributed by atoms with Crippen molar-refractivity contribution in [2.24, 2.45) is 0 Å². The molecule has 102 valence electrons. The number of aromatic nitrogens is 4. The highest BCUT2D eigenvalue weighted by atomic mass is 79.9. The molecule has 20 heavy (non-hydrogen) atoms. The molecular formula is C13H11BrN4O2. The van der Waals surface area contributed by atoms with Gasteiger partial charge in [-0.15, -0.1) is 10.2 Å². The Balaban J connectivity index is 2.07. The Kier molecular flexibility index (Phi) is 3.27. The lowest BCUT2D eigenvalue weighted by atomic mass is 10.2. The van der Waals surface area contributed by atoms with Crippen molar-refractivity contribution in [3.05, 3.63) is 57.3 Å². The average Bonchev–Trinajstić information content (AvgIpc) is 2.91. The molecule has 0 aliphatic rings. The molecule has 0 saturated carbocycles. The minimum absolute atomic E-state index is 0.186. The van der Waals surface area contributed by atoms with Gasteiger partial charge in [0.15, 0.2) is 5.65 Å². The second-order valence-electron chi connectivity index (χ2n) is 4.24. The number of halogens is 1. The lowest BCUT2D eigenvalue weighted by molar-refractivity contribution is 0.408. The average molecular weight is 335 g/mol. The van der Waals surface area contributed by atoms with Crippen molar-refractivity contribution in [2.45, 2.75) is 6.54 Å². The molecule has 0 saturated heterocycles. The molecule has 0 aliphatic carbocycles. The minimum atomic E-state index is -0.186. The standard InChI is InChI=1S/C13H11BrN4O2/c1-20-11-3-2-10(14)6-9(11)7-17-5-4-12-16-15-8-18(12)13(17)19/h2-6,8H,7H2,1H3. The van der Waals surface area contributed by atoms with Crippen LogP contribution in [-0.2, 0) is 6.54 Å². The fraction of sp³-hybridized carbons (Fsp3) is 0.154. The van der Waals surface area contributed by atoms with E-state index in [1.807, 2.05) is 18.2 Å². The first-order chi connectivity index (χ1) is 9.69. The maximum atomic E-state index is 12.3.